The lowest BCUT2D eigenvalue weighted by Crippen LogP contribution is -2.29. The molecule has 0 radical (unpaired) electrons. The lowest BCUT2D eigenvalue weighted by atomic mass is 9.97. The monoisotopic (exact) mass is 174 g/mol. The van der Waals surface area contributed by atoms with Crippen molar-refractivity contribution < 1.29 is 4.79 Å². The molecule has 1 aliphatic carbocycles. The van der Waals surface area contributed by atoms with E-state index in [4.69, 9.17) is 0 Å². The molecule has 1 atom stereocenters. The van der Waals surface area contributed by atoms with Crippen LogP contribution in [-0.2, 0) is 4.79 Å². The van der Waals surface area contributed by atoms with Crippen molar-refractivity contribution in [2.45, 2.75) is 19.9 Å². The van der Waals surface area contributed by atoms with E-state index in [2.05, 4.69) is 9.98 Å². The van der Waals surface area contributed by atoms with Gasteiger partial charge in [0.25, 0.3) is 5.91 Å². The lowest BCUT2D eigenvalue weighted by molar-refractivity contribution is -0.111. The lowest BCUT2D eigenvalue weighted by Gasteiger charge is -2.20. The van der Waals surface area contributed by atoms with Gasteiger partial charge in [-0.25, -0.2) is 4.99 Å². The molecule has 2 aliphatic rings. The van der Waals surface area contributed by atoms with Gasteiger partial charge in [-0.05, 0) is 25.5 Å². The van der Waals surface area contributed by atoms with Crippen LogP contribution in [0, 0.1) is 0 Å². The minimum absolute atomic E-state index is 0.0253. The van der Waals surface area contributed by atoms with Gasteiger partial charge in [-0.15, -0.1) is 0 Å². The standard InChI is InChI=1S/C10H10N2O/c1-6-4-3-5-8-9(6)11-7(2)10(13)12-8/h3-5,9H,1-2H3. The van der Waals surface area contributed by atoms with Gasteiger partial charge in [0.05, 0.1) is 11.4 Å². The minimum atomic E-state index is -0.217. The molecule has 0 saturated heterocycles. The van der Waals surface area contributed by atoms with Gasteiger partial charge in [-0.3, -0.25) is 9.79 Å². The number of nitrogens with zero attached hydrogens (tertiary/aromatic N) is 2. The summed E-state index contributed by atoms with van der Waals surface area (Å²) in [5.41, 5.74) is 2.39. The zero-order valence-electron chi connectivity index (χ0n) is 7.61. The maximum Gasteiger partial charge on any atom is 0.290 e. The number of allylic oxidation sites excluding steroid dienone is 2. The zero-order chi connectivity index (χ0) is 9.42. The summed E-state index contributed by atoms with van der Waals surface area (Å²) >= 11 is 0. The summed E-state index contributed by atoms with van der Waals surface area (Å²) in [6, 6.07) is -0.0253. The summed E-state index contributed by atoms with van der Waals surface area (Å²) in [5.74, 6) is -0.217. The van der Waals surface area contributed by atoms with Gasteiger partial charge in [0.1, 0.15) is 6.04 Å². The summed E-state index contributed by atoms with van der Waals surface area (Å²) in [5, 5.41) is 0. The average molecular weight is 174 g/mol. The fourth-order valence-electron chi connectivity index (χ4n) is 1.43. The van der Waals surface area contributed by atoms with E-state index in [1.165, 1.54) is 0 Å². The van der Waals surface area contributed by atoms with Crippen molar-refractivity contribution in [2.75, 3.05) is 0 Å². The molecule has 0 aromatic heterocycles. The molecule has 0 spiro atoms. The fraction of sp³-hybridized carbons (Fsp3) is 0.300. The van der Waals surface area contributed by atoms with Crippen molar-refractivity contribution in [2.24, 2.45) is 9.98 Å². The Morgan fingerprint density at radius 3 is 2.92 bits per heavy atom. The largest absolute Gasteiger partial charge is 0.290 e. The number of hydrogen-bond acceptors (Lipinski definition) is 2. The molecule has 1 amide bonds. The molecule has 2 rings (SSSR count). The molecule has 66 valence electrons. The van der Waals surface area contributed by atoms with Crippen LogP contribution >= 0.6 is 0 Å². The Bertz CT molecular complexity index is 386. The molecule has 0 fully saturated rings. The molecule has 3 nitrogen and oxygen atoms in total. The number of fused-ring (bicyclic) bond motifs is 1. The van der Waals surface area contributed by atoms with Crippen LogP contribution in [0.2, 0.25) is 0 Å². The number of rotatable bonds is 0. The van der Waals surface area contributed by atoms with E-state index < -0.39 is 0 Å². The van der Waals surface area contributed by atoms with Crippen LogP contribution in [0.5, 0.6) is 0 Å². The van der Waals surface area contributed by atoms with Crippen molar-refractivity contribution in [1.82, 2.24) is 0 Å². The van der Waals surface area contributed by atoms with Gasteiger partial charge < -0.3 is 0 Å². The van der Waals surface area contributed by atoms with E-state index in [9.17, 15) is 4.79 Å². The number of hydrogen-bond donors (Lipinski definition) is 0. The fourth-order valence-corrected chi connectivity index (χ4v) is 1.43. The van der Waals surface area contributed by atoms with Crippen LogP contribution in [0.15, 0.2) is 33.8 Å². The molecule has 0 bridgehead atoms. The van der Waals surface area contributed by atoms with Gasteiger partial charge in [-0.1, -0.05) is 12.2 Å². The van der Waals surface area contributed by atoms with Gasteiger partial charge in [0, 0.05) is 0 Å². The van der Waals surface area contributed by atoms with Crippen molar-refractivity contribution in [1.29, 1.82) is 0 Å². The van der Waals surface area contributed by atoms with Crippen LogP contribution in [0.4, 0.5) is 0 Å². The molecule has 1 heterocycles. The van der Waals surface area contributed by atoms with Gasteiger partial charge in [0.2, 0.25) is 0 Å². The van der Waals surface area contributed by atoms with E-state index in [1.54, 1.807) is 6.92 Å². The quantitative estimate of drug-likeness (QED) is 0.546. The topological polar surface area (TPSA) is 41.8 Å². The van der Waals surface area contributed by atoms with Crippen molar-refractivity contribution >= 4 is 17.3 Å². The van der Waals surface area contributed by atoms with Gasteiger partial charge >= 0.3 is 0 Å². The molecule has 1 unspecified atom stereocenters. The molecule has 3 heteroatoms. The van der Waals surface area contributed by atoms with E-state index in [-0.39, 0.29) is 11.9 Å². The van der Waals surface area contributed by atoms with Crippen molar-refractivity contribution in [3.8, 4) is 0 Å². The number of amides is 1. The van der Waals surface area contributed by atoms with Crippen LogP contribution < -0.4 is 0 Å². The van der Waals surface area contributed by atoms with Crippen LogP contribution in [0.1, 0.15) is 13.8 Å². The van der Waals surface area contributed by atoms with Crippen LogP contribution in [0.3, 0.4) is 0 Å². The third kappa shape index (κ3) is 1.26. The zero-order valence-corrected chi connectivity index (χ0v) is 7.61. The number of carbonyl (C=O) groups excluding carboxylic acids is 1. The van der Waals surface area contributed by atoms with Crippen molar-refractivity contribution in [3.05, 3.63) is 23.8 Å². The molecule has 1 aliphatic heterocycles. The minimum Gasteiger partial charge on any atom is -0.270 e. The molecule has 0 aromatic rings. The number of aliphatic imine (C=N–C) groups is 2. The first-order valence-corrected chi connectivity index (χ1v) is 4.20. The summed E-state index contributed by atoms with van der Waals surface area (Å²) in [4.78, 5) is 19.4. The van der Waals surface area contributed by atoms with E-state index >= 15 is 0 Å². The Balaban J connectivity index is 2.45. The van der Waals surface area contributed by atoms with Crippen molar-refractivity contribution in [3.63, 3.8) is 0 Å². The first-order chi connectivity index (χ1) is 6.18. The summed E-state index contributed by atoms with van der Waals surface area (Å²) in [6.07, 6.45) is 5.73. The average Bonchev–Trinajstić information content (AvgIpc) is 2.09. The number of carbonyl (C=O) groups is 1. The van der Waals surface area contributed by atoms with E-state index in [0.29, 0.717) is 5.71 Å². The second-order valence-electron chi connectivity index (χ2n) is 3.23. The third-order valence-electron chi connectivity index (χ3n) is 2.20. The first-order valence-electron chi connectivity index (χ1n) is 4.20. The SMILES string of the molecule is CC1=CC=CC2=NC(=O)C(C)=NC12. The maximum atomic E-state index is 11.2. The van der Waals surface area contributed by atoms with Gasteiger partial charge in [-0.2, -0.15) is 0 Å². The Morgan fingerprint density at radius 2 is 2.15 bits per heavy atom. The summed E-state index contributed by atoms with van der Waals surface area (Å²) < 4.78 is 0. The maximum absolute atomic E-state index is 11.2. The molecule has 0 N–H and O–H groups in total. The highest BCUT2D eigenvalue weighted by atomic mass is 16.1. The second-order valence-corrected chi connectivity index (χ2v) is 3.23. The summed E-state index contributed by atoms with van der Waals surface area (Å²) in [6.45, 7) is 3.70. The Labute approximate surface area is 76.6 Å². The third-order valence-corrected chi connectivity index (χ3v) is 2.20. The first kappa shape index (κ1) is 8.10. The highest BCUT2D eigenvalue weighted by Gasteiger charge is 2.23. The normalized spacial score (nSPS) is 26.2. The predicted octanol–water partition coefficient (Wildman–Crippen LogP) is 1.31. The van der Waals surface area contributed by atoms with Crippen LogP contribution in [-0.4, -0.2) is 23.4 Å². The Hall–Kier alpha value is -1.51. The molecule has 13 heavy (non-hydrogen) atoms. The molecule has 0 aromatic carbocycles. The smallest absolute Gasteiger partial charge is 0.270 e. The van der Waals surface area contributed by atoms with E-state index in [1.807, 2.05) is 25.2 Å². The Morgan fingerprint density at radius 1 is 1.38 bits per heavy atom. The molecular formula is C10H10N2O. The Kier molecular flexibility index (Phi) is 1.72. The second kappa shape index (κ2) is 2.76. The predicted molar refractivity (Wildman–Crippen MR) is 52.2 cm³/mol. The van der Waals surface area contributed by atoms with Gasteiger partial charge in [0.15, 0.2) is 0 Å². The van der Waals surface area contributed by atoms with Crippen LogP contribution in [0.25, 0.3) is 0 Å². The summed E-state index contributed by atoms with van der Waals surface area (Å²) in [7, 11) is 0. The molecule has 0 saturated carbocycles. The molecular weight excluding hydrogens is 164 g/mol. The highest BCUT2D eigenvalue weighted by Crippen LogP contribution is 2.17. The van der Waals surface area contributed by atoms with E-state index in [0.717, 1.165) is 11.3 Å². The highest BCUT2D eigenvalue weighted by molar-refractivity contribution is 6.42.